The van der Waals surface area contributed by atoms with Gasteiger partial charge in [0.2, 0.25) is 0 Å². The van der Waals surface area contributed by atoms with E-state index in [4.69, 9.17) is 4.65 Å². The van der Waals surface area contributed by atoms with E-state index in [1.165, 1.54) is 31.8 Å². The summed E-state index contributed by atoms with van der Waals surface area (Å²) >= 11 is 0. The standard InChI is InChI=1S/2C18H15P.CO.2BrH.Ir.H2/c2*1-4-10-16(11-5-1)19(17-12-6-2-7-13-17)18-14-8-3-9-15-18;1-2;;;;/h2*1-15H;;2*1H;;1H/p-2. The van der Waals surface area contributed by atoms with Crippen LogP contribution in [0.1, 0.15) is 1.43 Å². The number of hydrogen-bond acceptors (Lipinski definition) is 0. The van der Waals surface area contributed by atoms with Crippen molar-refractivity contribution in [3.8, 4) is 0 Å². The van der Waals surface area contributed by atoms with Crippen molar-refractivity contribution in [3.05, 3.63) is 189 Å². The second kappa shape index (κ2) is 22.1. The van der Waals surface area contributed by atoms with Crippen molar-refractivity contribution in [2.24, 2.45) is 0 Å². The van der Waals surface area contributed by atoms with Gasteiger partial charge in [-0.3, -0.25) is 0 Å². The van der Waals surface area contributed by atoms with Crippen LogP contribution < -0.4 is 65.8 Å². The van der Waals surface area contributed by atoms with Crippen molar-refractivity contribution >= 4 is 47.7 Å². The maximum absolute atomic E-state index is 7.50. The first-order chi connectivity index (χ1) is 19.9. The average molecular weight is 907 g/mol. The molecule has 0 N–H and O–H groups in total. The third-order valence-electron chi connectivity index (χ3n) is 6.09. The van der Waals surface area contributed by atoms with Gasteiger partial charge < -0.3 is 34.0 Å². The molecule has 0 heterocycles. The summed E-state index contributed by atoms with van der Waals surface area (Å²) in [6.45, 7) is 4.50. The minimum atomic E-state index is -0.446. The summed E-state index contributed by atoms with van der Waals surface area (Å²) in [4.78, 5) is 0. The normalized spacial score (nSPS) is 9.40. The Hall–Kier alpha value is -2.47. The maximum Gasteiger partial charge on any atom is 0 e. The van der Waals surface area contributed by atoms with Gasteiger partial charge in [-0.2, -0.15) is 0 Å². The Morgan fingerprint density at radius 1 is 0.302 bits per heavy atom. The molecule has 0 fully saturated rings. The predicted molar refractivity (Wildman–Crippen MR) is 176 cm³/mol. The molecule has 6 aromatic carbocycles. The molecule has 221 valence electrons. The molecule has 6 aromatic rings. The molecule has 0 aromatic heterocycles. The van der Waals surface area contributed by atoms with Gasteiger partial charge in [-0.25, -0.2) is 0 Å². The SMILES string of the molecule is [Br-].[Br-].[C-]#[O+].[HH].[Ir].c1ccc(P(c2ccccc2)c2ccccc2)cc1.c1ccc(P(c2ccccc2)c2ccccc2)cc1. The van der Waals surface area contributed by atoms with E-state index in [1.807, 2.05) is 0 Å². The molecule has 0 aliphatic rings. The molecular formula is C37H32Br2IrOP2-2. The van der Waals surface area contributed by atoms with E-state index in [2.05, 4.69) is 189 Å². The Morgan fingerprint density at radius 2 is 0.419 bits per heavy atom. The molecule has 43 heavy (non-hydrogen) atoms. The van der Waals surface area contributed by atoms with Gasteiger partial charge >= 0.3 is 11.3 Å². The molecule has 0 aliphatic heterocycles. The van der Waals surface area contributed by atoms with E-state index in [-0.39, 0.29) is 55.5 Å². The first-order valence-electron chi connectivity index (χ1n) is 13.0. The van der Waals surface area contributed by atoms with Crippen LogP contribution in [0.5, 0.6) is 0 Å². The third kappa shape index (κ3) is 11.5. The van der Waals surface area contributed by atoms with E-state index >= 15 is 0 Å². The topological polar surface area (TPSA) is 19.9 Å². The van der Waals surface area contributed by atoms with Crippen molar-refractivity contribution < 1.29 is 60.1 Å². The molecule has 6 rings (SSSR count). The fourth-order valence-corrected chi connectivity index (χ4v) is 8.97. The van der Waals surface area contributed by atoms with Crippen molar-refractivity contribution in [1.29, 1.82) is 0 Å². The van der Waals surface area contributed by atoms with E-state index in [1.54, 1.807) is 0 Å². The minimum Gasteiger partial charge on any atom is -0.0622 e. The van der Waals surface area contributed by atoms with Crippen molar-refractivity contribution in [1.82, 2.24) is 0 Å². The monoisotopic (exact) mass is 905 g/mol. The zero-order valence-electron chi connectivity index (χ0n) is 23.2. The molecule has 0 amide bonds. The number of rotatable bonds is 6. The average Bonchev–Trinajstić information content (AvgIpc) is 3.06. The summed E-state index contributed by atoms with van der Waals surface area (Å²) in [5, 5.41) is 8.39. The molecule has 0 bridgehead atoms. The van der Waals surface area contributed by atoms with E-state index in [0.29, 0.717) is 0 Å². The Labute approximate surface area is 294 Å². The van der Waals surface area contributed by atoms with Crippen molar-refractivity contribution in [3.63, 3.8) is 0 Å². The Balaban J connectivity index is 0.000000733. The summed E-state index contributed by atoms with van der Waals surface area (Å²) in [5.41, 5.74) is 0. The Morgan fingerprint density at radius 3 is 0.535 bits per heavy atom. The first kappa shape index (κ1) is 38.6. The smallest absolute Gasteiger partial charge is 0 e. The van der Waals surface area contributed by atoms with E-state index in [9.17, 15) is 0 Å². The molecule has 1 radical (unpaired) electrons. The predicted octanol–water partition coefficient (Wildman–Crippen LogP) is 1.10. The van der Waals surface area contributed by atoms with Crippen LogP contribution >= 0.6 is 15.8 Å². The second-order valence-electron chi connectivity index (χ2n) is 8.68. The molecule has 0 saturated heterocycles. The van der Waals surface area contributed by atoms with Crippen LogP contribution in [0.4, 0.5) is 0 Å². The molecule has 0 atom stereocenters. The molecule has 0 aliphatic carbocycles. The Bertz CT molecular complexity index is 1240. The molecule has 0 spiro atoms. The molecule has 6 heteroatoms. The molecular weight excluding hydrogens is 874 g/mol. The van der Waals surface area contributed by atoms with Crippen LogP contribution in [0.25, 0.3) is 0 Å². The first-order valence-corrected chi connectivity index (χ1v) is 15.7. The van der Waals surface area contributed by atoms with Gasteiger partial charge in [0, 0.05) is 21.5 Å². The molecule has 1 nitrogen and oxygen atoms in total. The fraction of sp³-hybridized carbons (Fsp3) is 0. The number of benzene rings is 6. The van der Waals surface area contributed by atoms with Crippen LogP contribution in [0.3, 0.4) is 0 Å². The summed E-state index contributed by atoms with van der Waals surface area (Å²) in [6, 6.07) is 64.7. The van der Waals surface area contributed by atoms with Gasteiger partial charge in [0.25, 0.3) is 0 Å². The molecule has 0 unspecified atom stereocenters. The van der Waals surface area contributed by atoms with Crippen LogP contribution in [-0.2, 0) is 24.8 Å². The quantitative estimate of drug-likeness (QED) is 0.136. The third-order valence-corrected chi connectivity index (χ3v) is 11.0. The largest absolute Gasteiger partial charge is 0.0622 e. The van der Waals surface area contributed by atoms with Crippen LogP contribution in [0.15, 0.2) is 182 Å². The minimum absolute atomic E-state index is 0. The van der Waals surface area contributed by atoms with E-state index < -0.39 is 15.8 Å². The van der Waals surface area contributed by atoms with Gasteiger partial charge in [-0.15, -0.1) is 0 Å². The summed E-state index contributed by atoms with van der Waals surface area (Å²) in [6.07, 6.45) is 0. The number of halogens is 2. The fourth-order valence-electron chi connectivity index (χ4n) is 4.36. The zero-order valence-corrected chi connectivity index (χ0v) is 30.6. The van der Waals surface area contributed by atoms with Gasteiger partial charge in [0.15, 0.2) is 0 Å². The van der Waals surface area contributed by atoms with Gasteiger partial charge in [0.05, 0.1) is 0 Å². The van der Waals surface area contributed by atoms with Crippen LogP contribution in [-0.4, -0.2) is 0 Å². The number of hydrogen-bond donors (Lipinski definition) is 0. The van der Waals surface area contributed by atoms with E-state index in [0.717, 1.165) is 0 Å². The summed E-state index contributed by atoms with van der Waals surface area (Å²) < 4.78 is 7.50. The van der Waals surface area contributed by atoms with Gasteiger partial charge in [-0.05, 0) is 47.7 Å². The molecule has 0 saturated carbocycles. The van der Waals surface area contributed by atoms with Crippen molar-refractivity contribution in [2.45, 2.75) is 0 Å². The summed E-state index contributed by atoms with van der Waals surface area (Å²) in [5.74, 6) is 0. The Kier molecular flexibility index (Phi) is 19.8. The van der Waals surface area contributed by atoms with Crippen LogP contribution in [0.2, 0.25) is 0 Å². The zero-order chi connectivity index (χ0) is 27.8. The maximum atomic E-state index is 7.50. The van der Waals surface area contributed by atoms with Crippen LogP contribution in [0, 0.1) is 6.65 Å². The summed E-state index contributed by atoms with van der Waals surface area (Å²) in [7, 11) is -0.892. The van der Waals surface area contributed by atoms with Gasteiger partial charge in [0.1, 0.15) is 0 Å². The van der Waals surface area contributed by atoms with Gasteiger partial charge in [-0.1, -0.05) is 182 Å². The second-order valence-corrected chi connectivity index (χ2v) is 13.1. The van der Waals surface area contributed by atoms with Crippen molar-refractivity contribution in [2.75, 3.05) is 0 Å².